The van der Waals surface area contributed by atoms with E-state index in [1.54, 1.807) is 0 Å². The Balaban J connectivity index is 1.57. The number of aromatic amines is 1. The van der Waals surface area contributed by atoms with Gasteiger partial charge in [-0.3, -0.25) is 9.78 Å². The summed E-state index contributed by atoms with van der Waals surface area (Å²) >= 11 is 1.03. The van der Waals surface area contributed by atoms with Crippen LogP contribution >= 0.6 is 11.3 Å². The molecular formula is C20H18N2O3S. The standard InChI is InChI=1S/C20H18N2O3S/c23-17(14-4-2-1-3-5-14)12-22-9-8-15-10-13(6-7-16(15)22)11-18-19(24)21-20(25)26-18/h1-10,17,23-24H,11-12H2,(H,21,25). The van der Waals surface area contributed by atoms with Gasteiger partial charge in [0.1, 0.15) is 0 Å². The normalized spacial score (nSPS) is 12.5. The number of benzene rings is 2. The van der Waals surface area contributed by atoms with Crippen LogP contribution in [0.1, 0.15) is 22.1 Å². The summed E-state index contributed by atoms with van der Waals surface area (Å²) in [5, 5.41) is 21.3. The molecule has 0 saturated carbocycles. The van der Waals surface area contributed by atoms with Crippen molar-refractivity contribution in [1.29, 1.82) is 0 Å². The molecule has 26 heavy (non-hydrogen) atoms. The fourth-order valence-electron chi connectivity index (χ4n) is 3.14. The number of nitrogens with one attached hydrogen (secondary N) is 1. The number of aliphatic hydroxyl groups excluding tert-OH is 1. The molecule has 5 nitrogen and oxygen atoms in total. The second-order valence-corrected chi connectivity index (χ2v) is 7.32. The van der Waals surface area contributed by atoms with Crippen LogP contribution in [-0.4, -0.2) is 19.8 Å². The Morgan fingerprint density at radius 3 is 2.65 bits per heavy atom. The molecule has 2 aromatic carbocycles. The van der Waals surface area contributed by atoms with Gasteiger partial charge in [-0.25, -0.2) is 0 Å². The molecule has 0 radical (unpaired) electrons. The lowest BCUT2D eigenvalue weighted by atomic mass is 10.1. The number of fused-ring (bicyclic) bond motifs is 1. The van der Waals surface area contributed by atoms with Crippen LogP contribution in [0.2, 0.25) is 0 Å². The Labute approximate surface area is 153 Å². The molecule has 0 fully saturated rings. The third kappa shape index (κ3) is 3.29. The van der Waals surface area contributed by atoms with E-state index in [0.29, 0.717) is 17.8 Å². The van der Waals surface area contributed by atoms with Crippen molar-refractivity contribution >= 4 is 22.2 Å². The lowest BCUT2D eigenvalue weighted by Crippen LogP contribution is -2.07. The van der Waals surface area contributed by atoms with Crippen molar-refractivity contribution in [3.05, 3.63) is 86.5 Å². The highest BCUT2D eigenvalue weighted by Crippen LogP contribution is 2.25. The molecule has 4 aromatic rings. The zero-order chi connectivity index (χ0) is 18.1. The molecule has 0 aliphatic carbocycles. The molecular weight excluding hydrogens is 348 g/mol. The second-order valence-electron chi connectivity index (χ2n) is 6.25. The maximum absolute atomic E-state index is 11.3. The topological polar surface area (TPSA) is 78.2 Å². The van der Waals surface area contributed by atoms with E-state index in [4.69, 9.17) is 0 Å². The van der Waals surface area contributed by atoms with Gasteiger partial charge in [0, 0.05) is 18.1 Å². The van der Waals surface area contributed by atoms with Crippen molar-refractivity contribution in [3.63, 3.8) is 0 Å². The van der Waals surface area contributed by atoms with Crippen molar-refractivity contribution in [2.24, 2.45) is 0 Å². The second kappa shape index (κ2) is 6.82. The number of aromatic nitrogens is 2. The van der Waals surface area contributed by atoms with Crippen molar-refractivity contribution in [2.75, 3.05) is 0 Å². The fourth-order valence-corrected chi connectivity index (χ4v) is 3.90. The molecule has 0 aliphatic heterocycles. The van der Waals surface area contributed by atoms with Gasteiger partial charge < -0.3 is 14.8 Å². The van der Waals surface area contributed by atoms with Crippen molar-refractivity contribution in [3.8, 4) is 5.88 Å². The van der Waals surface area contributed by atoms with Crippen molar-refractivity contribution < 1.29 is 10.2 Å². The van der Waals surface area contributed by atoms with Gasteiger partial charge in [0.25, 0.3) is 0 Å². The molecule has 2 aromatic heterocycles. The number of H-pyrrole nitrogens is 1. The number of hydrogen-bond donors (Lipinski definition) is 3. The van der Waals surface area contributed by atoms with E-state index >= 15 is 0 Å². The summed E-state index contributed by atoms with van der Waals surface area (Å²) in [7, 11) is 0. The molecule has 1 unspecified atom stereocenters. The first kappa shape index (κ1) is 16.6. The Morgan fingerprint density at radius 1 is 1.12 bits per heavy atom. The highest BCUT2D eigenvalue weighted by atomic mass is 32.1. The van der Waals surface area contributed by atoms with Crippen LogP contribution in [0.15, 0.2) is 65.6 Å². The number of hydrogen-bond acceptors (Lipinski definition) is 4. The molecule has 132 valence electrons. The predicted octanol–water partition coefficient (Wildman–Crippen LogP) is 3.42. The highest BCUT2D eigenvalue weighted by molar-refractivity contribution is 7.09. The predicted molar refractivity (Wildman–Crippen MR) is 103 cm³/mol. The average molecular weight is 366 g/mol. The van der Waals surface area contributed by atoms with Gasteiger partial charge in [-0.1, -0.05) is 47.7 Å². The Kier molecular flexibility index (Phi) is 4.36. The molecule has 4 rings (SSSR count). The maximum atomic E-state index is 11.3. The smallest absolute Gasteiger partial charge is 0.307 e. The third-order valence-electron chi connectivity index (χ3n) is 4.45. The van der Waals surface area contributed by atoms with E-state index in [2.05, 4.69) is 4.98 Å². The monoisotopic (exact) mass is 366 g/mol. The number of nitrogens with zero attached hydrogens (tertiary/aromatic N) is 1. The summed E-state index contributed by atoms with van der Waals surface area (Å²) in [6.45, 7) is 0.479. The van der Waals surface area contributed by atoms with Crippen LogP contribution in [0.4, 0.5) is 0 Å². The average Bonchev–Trinajstić information content (AvgIpc) is 3.18. The quantitative estimate of drug-likeness (QED) is 0.506. The number of aromatic hydroxyl groups is 1. The maximum Gasteiger partial charge on any atom is 0.307 e. The fraction of sp³-hybridized carbons (Fsp3) is 0.150. The minimum Gasteiger partial charge on any atom is -0.494 e. The minimum atomic E-state index is -0.569. The summed E-state index contributed by atoms with van der Waals surface area (Å²) < 4.78 is 2.03. The highest BCUT2D eigenvalue weighted by Gasteiger charge is 2.12. The molecule has 6 heteroatoms. The third-order valence-corrected chi connectivity index (χ3v) is 5.33. The molecule has 0 spiro atoms. The summed E-state index contributed by atoms with van der Waals surface area (Å²) in [5.41, 5.74) is 2.95. The Bertz CT molecular complexity index is 1100. The van der Waals surface area contributed by atoms with Gasteiger partial charge in [-0.05, 0) is 34.7 Å². The van der Waals surface area contributed by atoms with E-state index in [1.807, 2.05) is 65.4 Å². The molecule has 0 saturated heterocycles. The van der Waals surface area contributed by atoms with Gasteiger partial charge in [0.05, 0.1) is 17.5 Å². The molecule has 3 N–H and O–H groups in total. The first-order chi connectivity index (χ1) is 12.6. The molecule has 0 amide bonds. The first-order valence-electron chi connectivity index (χ1n) is 8.32. The van der Waals surface area contributed by atoms with Gasteiger partial charge in [-0.2, -0.15) is 0 Å². The zero-order valence-electron chi connectivity index (χ0n) is 13.9. The summed E-state index contributed by atoms with van der Waals surface area (Å²) in [6, 6.07) is 17.7. The van der Waals surface area contributed by atoms with Crippen molar-refractivity contribution in [2.45, 2.75) is 19.1 Å². The van der Waals surface area contributed by atoms with Crippen LogP contribution < -0.4 is 4.87 Å². The lowest BCUT2D eigenvalue weighted by Gasteiger charge is -2.13. The molecule has 1 atom stereocenters. The molecule has 2 heterocycles. The number of rotatable bonds is 5. The zero-order valence-corrected chi connectivity index (χ0v) is 14.7. The van der Waals surface area contributed by atoms with Crippen LogP contribution in [0.3, 0.4) is 0 Å². The molecule has 0 aliphatic rings. The summed E-state index contributed by atoms with van der Waals surface area (Å²) in [4.78, 5) is 14.1. The van der Waals surface area contributed by atoms with Crippen LogP contribution in [0, 0.1) is 0 Å². The van der Waals surface area contributed by atoms with E-state index in [-0.39, 0.29) is 10.8 Å². The Morgan fingerprint density at radius 2 is 1.92 bits per heavy atom. The van der Waals surface area contributed by atoms with Gasteiger partial charge in [-0.15, -0.1) is 0 Å². The Hall–Kier alpha value is -2.83. The first-order valence-corrected chi connectivity index (χ1v) is 9.13. The van der Waals surface area contributed by atoms with Gasteiger partial charge in [0.2, 0.25) is 5.88 Å². The van der Waals surface area contributed by atoms with Crippen LogP contribution in [0.5, 0.6) is 5.88 Å². The van der Waals surface area contributed by atoms with Crippen molar-refractivity contribution in [1.82, 2.24) is 9.55 Å². The van der Waals surface area contributed by atoms with Crippen LogP contribution in [-0.2, 0) is 13.0 Å². The number of thiazole rings is 1. The summed E-state index contributed by atoms with van der Waals surface area (Å²) in [5.74, 6) is -0.0522. The number of aliphatic hydroxyl groups is 1. The SMILES string of the molecule is O=c1[nH]c(O)c(Cc2ccc3c(ccn3CC(O)c3ccccc3)c2)s1. The molecule has 0 bridgehead atoms. The van der Waals surface area contributed by atoms with E-state index < -0.39 is 6.10 Å². The largest absolute Gasteiger partial charge is 0.494 e. The minimum absolute atomic E-state index is 0.0522. The lowest BCUT2D eigenvalue weighted by molar-refractivity contribution is 0.158. The van der Waals surface area contributed by atoms with Crippen LogP contribution in [0.25, 0.3) is 10.9 Å². The van der Waals surface area contributed by atoms with E-state index in [1.165, 1.54) is 0 Å². The van der Waals surface area contributed by atoms with E-state index in [0.717, 1.165) is 33.4 Å². The van der Waals surface area contributed by atoms with Gasteiger partial charge in [0.15, 0.2) is 0 Å². The summed E-state index contributed by atoms with van der Waals surface area (Å²) in [6.07, 6.45) is 1.90. The van der Waals surface area contributed by atoms with E-state index in [9.17, 15) is 15.0 Å². The van der Waals surface area contributed by atoms with Gasteiger partial charge >= 0.3 is 4.87 Å².